The number of carbonyl (C=O) groups is 1. The lowest BCUT2D eigenvalue weighted by Crippen LogP contribution is -2.34. The monoisotopic (exact) mass is 275 g/mol. The van der Waals surface area contributed by atoms with Crippen LogP contribution in [-0.2, 0) is 0 Å². The first-order valence-electron chi connectivity index (χ1n) is 5.82. The number of hydrogen-bond acceptors (Lipinski definition) is 1. The molecule has 0 unspecified atom stereocenters. The third-order valence-electron chi connectivity index (χ3n) is 2.61. The molecule has 1 rings (SSSR count). The third-order valence-corrected chi connectivity index (χ3v) is 2.78. The number of amides is 1. The Labute approximate surface area is 111 Å². The van der Waals surface area contributed by atoms with Crippen LogP contribution in [0, 0.1) is 18.6 Å². The van der Waals surface area contributed by atoms with E-state index in [4.69, 9.17) is 11.6 Å². The van der Waals surface area contributed by atoms with Crippen molar-refractivity contribution in [2.45, 2.75) is 20.3 Å². The normalized spacial score (nSPS) is 10.5. The summed E-state index contributed by atoms with van der Waals surface area (Å²) in [5.41, 5.74) is 0.148. The molecular weight excluding hydrogens is 260 g/mol. The van der Waals surface area contributed by atoms with Crippen molar-refractivity contribution in [3.8, 4) is 0 Å². The quantitative estimate of drug-likeness (QED) is 0.755. The zero-order valence-corrected chi connectivity index (χ0v) is 11.2. The number of rotatable bonds is 5. The van der Waals surface area contributed by atoms with Crippen LogP contribution in [0.2, 0.25) is 0 Å². The summed E-state index contributed by atoms with van der Waals surface area (Å²) in [5, 5.41) is 0. The maximum atomic E-state index is 13.6. The molecule has 0 atom stereocenters. The van der Waals surface area contributed by atoms with E-state index >= 15 is 0 Å². The van der Waals surface area contributed by atoms with Crippen molar-refractivity contribution in [3.63, 3.8) is 0 Å². The fourth-order valence-electron chi connectivity index (χ4n) is 1.68. The molecule has 2 nitrogen and oxygen atoms in total. The first kappa shape index (κ1) is 14.9. The van der Waals surface area contributed by atoms with Crippen molar-refractivity contribution in [3.05, 3.63) is 34.9 Å². The minimum Gasteiger partial charge on any atom is -0.337 e. The molecule has 0 aromatic heterocycles. The van der Waals surface area contributed by atoms with Gasteiger partial charge in [-0.05, 0) is 25.0 Å². The number of alkyl halides is 1. The van der Waals surface area contributed by atoms with Crippen LogP contribution >= 0.6 is 11.6 Å². The van der Waals surface area contributed by atoms with Crippen molar-refractivity contribution in [1.82, 2.24) is 4.90 Å². The van der Waals surface area contributed by atoms with E-state index in [0.29, 0.717) is 13.1 Å². The molecule has 0 saturated heterocycles. The summed E-state index contributed by atoms with van der Waals surface area (Å²) < 4.78 is 26.7. The average molecular weight is 276 g/mol. The molecule has 0 bridgehead atoms. The zero-order chi connectivity index (χ0) is 13.7. The van der Waals surface area contributed by atoms with Crippen molar-refractivity contribution < 1.29 is 13.6 Å². The number of aryl methyl sites for hydroxylation is 1. The van der Waals surface area contributed by atoms with Crippen molar-refractivity contribution in [1.29, 1.82) is 0 Å². The third kappa shape index (κ3) is 3.42. The van der Waals surface area contributed by atoms with Gasteiger partial charge in [0.25, 0.3) is 5.91 Å². The fourth-order valence-corrected chi connectivity index (χ4v) is 1.88. The maximum Gasteiger partial charge on any atom is 0.256 e. The summed E-state index contributed by atoms with van der Waals surface area (Å²) in [5.74, 6) is -1.65. The molecule has 0 aliphatic carbocycles. The van der Waals surface area contributed by atoms with Crippen LogP contribution in [-0.4, -0.2) is 29.8 Å². The number of nitrogens with zero attached hydrogens (tertiary/aromatic N) is 1. The summed E-state index contributed by atoms with van der Waals surface area (Å²) in [6.07, 6.45) is 0.754. The van der Waals surface area contributed by atoms with Crippen LogP contribution in [0.1, 0.15) is 29.3 Å². The Balaban J connectivity index is 3.04. The van der Waals surface area contributed by atoms with E-state index in [9.17, 15) is 13.6 Å². The number of hydrogen-bond donors (Lipinski definition) is 0. The van der Waals surface area contributed by atoms with E-state index in [1.165, 1.54) is 17.9 Å². The Morgan fingerprint density at radius 2 is 1.94 bits per heavy atom. The van der Waals surface area contributed by atoms with Gasteiger partial charge in [0.05, 0.1) is 5.56 Å². The Hall–Kier alpha value is -1.16. The van der Waals surface area contributed by atoms with Gasteiger partial charge < -0.3 is 4.90 Å². The van der Waals surface area contributed by atoms with Crippen LogP contribution in [0.25, 0.3) is 0 Å². The van der Waals surface area contributed by atoms with Crippen molar-refractivity contribution >= 4 is 17.5 Å². The lowest BCUT2D eigenvalue weighted by Gasteiger charge is -2.21. The topological polar surface area (TPSA) is 20.3 Å². The van der Waals surface area contributed by atoms with Crippen LogP contribution in [0.15, 0.2) is 12.1 Å². The first-order chi connectivity index (χ1) is 8.51. The smallest absolute Gasteiger partial charge is 0.256 e. The number of carbonyl (C=O) groups excluding carboxylic acids is 1. The molecule has 0 aliphatic rings. The molecule has 0 heterocycles. The van der Waals surface area contributed by atoms with Gasteiger partial charge in [-0.15, -0.1) is 11.6 Å². The Morgan fingerprint density at radius 1 is 1.28 bits per heavy atom. The Bertz CT molecular complexity index is 431. The SMILES string of the molecule is CCCN(CCCl)C(=O)c1cc(C)c(F)cc1F. The molecule has 5 heteroatoms. The van der Waals surface area contributed by atoms with Crippen molar-refractivity contribution in [2.24, 2.45) is 0 Å². The van der Waals surface area contributed by atoms with Crippen molar-refractivity contribution in [2.75, 3.05) is 19.0 Å². The molecule has 0 N–H and O–H groups in total. The molecule has 0 saturated carbocycles. The van der Waals surface area contributed by atoms with E-state index in [0.717, 1.165) is 12.5 Å². The molecule has 0 fully saturated rings. The second-order valence-corrected chi connectivity index (χ2v) is 4.44. The minimum atomic E-state index is -0.834. The fraction of sp³-hybridized carbons (Fsp3) is 0.462. The predicted molar refractivity (Wildman–Crippen MR) is 68.0 cm³/mol. The van der Waals surface area contributed by atoms with Crippen LogP contribution in [0.5, 0.6) is 0 Å². The maximum absolute atomic E-state index is 13.6. The highest BCUT2D eigenvalue weighted by atomic mass is 35.5. The molecule has 0 radical (unpaired) electrons. The summed E-state index contributed by atoms with van der Waals surface area (Å²) in [6.45, 7) is 4.27. The zero-order valence-electron chi connectivity index (χ0n) is 10.5. The summed E-state index contributed by atoms with van der Waals surface area (Å²) in [4.78, 5) is 13.6. The standard InChI is InChI=1S/C13H16ClF2NO/c1-3-5-17(6-4-14)13(18)10-7-9(2)11(15)8-12(10)16/h7-8H,3-6H2,1-2H3. The van der Waals surface area contributed by atoms with Crippen LogP contribution in [0.3, 0.4) is 0 Å². The molecule has 0 aliphatic heterocycles. The Kier molecular flexibility index (Phi) is 5.54. The molecule has 100 valence electrons. The molecule has 1 aromatic carbocycles. The van der Waals surface area contributed by atoms with Gasteiger partial charge in [-0.2, -0.15) is 0 Å². The Morgan fingerprint density at radius 3 is 2.50 bits per heavy atom. The van der Waals surface area contributed by atoms with E-state index in [-0.39, 0.29) is 17.0 Å². The summed E-state index contributed by atoms with van der Waals surface area (Å²) in [6, 6.07) is 1.98. The number of halogens is 3. The van der Waals surface area contributed by atoms with Gasteiger partial charge in [0.1, 0.15) is 11.6 Å². The highest BCUT2D eigenvalue weighted by Gasteiger charge is 2.19. The van der Waals surface area contributed by atoms with Gasteiger partial charge in [-0.3, -0.25) is 4.79 Å². The lowest BCUT2D eigenvalue weighted by atomic mass is 10.1. The minimum absolute atomic E-state index is 0.104. The molecular formula is C13H16ClF2NO. The second-order valence-electron chi connectivity index (χ2n) is 4.06. The highest BCUT2D eigenvalue weighted by molar-refractivity contribution is 6.18. The summed E-state index contributed by atoms with van der Waals surface area (Å²) in [7, 11) is 0. The molecule has 18 heavy (non-hydrogen) atoms. The number of benzene rings is 1. The van der Waals surface area contributed by atoms with E-state index in [2.05, 4.69) is 0 Å². The van der Waals surface area contributed by atoms with Gasteiger partial charge in [0, 0.05) is 25.0 Å². The lowest BCUT2D eigenvalue weighted by molar-refractivity contribution is 0.0760. The van der Waals surface area contributed by atoms with Gasteiger partial charge in [-0.25, -0.2) is 8.78 Å². The molecule has 0 spiro atoms. The van der Waals surface area contributed by atoms with Crippen LogP contribution < -0.4 is 0 Å². The van der Waals surface area contributed by atoms with Gasteiger partial charge in [0.15, 0.2) is 0 Å². The van der Waals surface area contributed by atoms with E-state index in [1.54, 1.807) is 0 Å². The second kappa shape index (κ2) is 6.69. The average Bonchev–Trinajstić information content (AvgIpc) is 2.33. The predicted octanol–water partition coefficient (Wildman–Crippen LogP) is 3.36. The largest absolute Gasteiger partial charge is 0.337 e. The summed E-state index contributed by atoms with van der Waals surface area (Å²) >= 11 is 5.61. The molecule has 1 amide bonds. The molecule has 1 aromatic rings. The highest BCUT2D eigenvalue weighted by Crippen LogP contribution is 2.16. The van der Waals surface area contributed by atoms with Gasteiger partial charge >= 0.3 is 0 Å². The van der Waals surface area contributed by atoms with Gasteiger partial charge in [0.2, 0.25) is 0 Å². The van der Waals surface area contributed by atoms with Crippen LogP contribution in [0.4, 0.5) is 8.78 Å². The van der Waals surface area contributed by atoms with Gasteiger partial charge in [-0.1, -0.05) is 6.92 Å². The van der Waals surface area contributed by atoms with E-state index in [1.807, 2.05) is 6.92 Å². The van der Waals surface area contributed by atoms with E-state index < -0.39 is 17.5 Å². The first-order valence-corrected chi connectivity index (χ1v) is 6.35.